The summed E-state index contributed by atoms with van der Waals surface area (Å²) in [6.07, 6.45) is 0.309. The molecule has 0 saturated heterocycles. The van der Waals surface area contributed by atoms with Gasteiger partial charge < -0.3 is 14.9 Å². The van der Waals surface area contributed by atoms with E-state index in [0.717, 1.165) is 0 Å². The number of benzene rings is 1. The number of carbonyl (C=O) groups excluding carboxylic acids is 1. The van der Waals surface area contributed by atoms with E-state index < -0.39 is 17.9 Å². The number of aromatic nitrogens is 1. The van der Waals surface area contributed by atoms with Crippen LogP contribution in [0, 0.1) is 11.7 Å². The average molecular weight is 320 g/mol. The lowest BCUT2D eigenvalue weighted by molar-refractivity contribution is -0.139. The number of hydrogen-bond donors (Lipinski definition) is 2. The number of hydrogen-bond acceptors (Lipinski definition) is 4. The number of carbonyl (C=O) groups is 2. The van der Waals surface area contributed by atoms with Crippen molar-refractivity contribution in [1.82, 2.24) is 10.5 Å². The van der Waals surface area contributed by atoms with E-state index in [1.54, 1.807) is 0 Å². The highest BCUT2D eigenvalue weighted by molar-refractivity contribution is 5.95. The van der Waals surface area contributed by atoms with Crippen molar-refractivity contribution in [2.75, 3.05) is 0 Å². The molecule has 2 aromatic rings. The summed E-state index contributed by atoms with van der Waals surface area (Å²) in [4.78, 5) is 23.2. The fourth-order valence-corrected chi connectivity index (χ4v) is 2.06. The zero-order valence-corrected chi connectivity index (χ0v) is 12.7. The Kier molecular flexibility index (Phi) is 5.10. The highest BCUT2D eigenvalue weighted by Crippen LogP contribution is 2.20. The highest BCUT2D eigenvalue weighted by Gasteiger charge is 2.23. The summed E-state index contributed by atoms with van der Waals surface area (Å²) in [6, 6.07) is 5.92. The molecule has 23 heavy (non-hydrogen) atoms. The molecule has 0 fully saturated rings. The maximum absolute atomic E-state index is 12.9. The Morgan fingerprint density at radius 2 is 1.96 bits per heavy atom. The minimum absolute atomic E-state index is 0.0284. The third kappa shape index (κ3) is 4.38. The lowest BCUT2D eigenvalue weighted by Gasteiger charge is -2.15. The van der Waals surface area contributed by atoms with E-state index in [4.69, 9.17) is 9.63 Å². The predicted octanol–water partition coefficient (Wildman–Crippen LogP) is 2.71. The van der Waals surface area contributed by atoms with E-state index >= 15 is 0 Å². The number of carboxylic acid groups (broad SMARTS) is 1. The van der Waals surface area contributed by atoms with Crippen LogP contribution in [0.3, 0.4) is 0 Å². The minimum Gasteiger partial charge on any atom is -0.480 e. The van der Waals surface area contributed by atoms with Gasteiger partial charge in [-0.1, -0.05) is 19.0 Å². The van der Waals surface area contributed by atoms with Crippen LogP contribution in [0.25, 0.3) is 11.3 Å². The molecule has 122 valence electrons. The zero-order chi connectivity index (χ0) is 17.0. The molecule has 0 aliphatic rings. The van der Waals surface area contributed by atoms with Gasteiger partial charge in [-0.2, -0.15) is 0 Å². The van der Waals surface area contributed by atoms with Gasteiger partial charge in [0, 0.05) is 11.6 Å². The first-order chi connectivity index (χ1) is 10.9. The van der Waals surface area contributed by atoms with Crippen LogP contribution in [0.15, 0.2) is 34.9 Å². The lowest BCUT2D eigenvalue weighted by atomic mass is 10.0. The summed E-state index contributed by atoms with van der Waals surface area (Å²) >= 11 is 0. The van der Waals surface area contributed by atoms with Gasteiger partial charge in [0.05, 0.1) is 0 Å². The predicted molar refractivity (Wildman–Crippen MR) is 80.2 cm³/mol. The van der Waals surface area contributed by atoms with Crippen LogP contribution < -0.4 is 5.32 Å². The summed E-state index contributed by atoms with van der Waals surface area (Å²) < 4.78 is 17.9. The van der Waals surface area contributed by atoms with E-state index in [1.807, 2.05) is 13.8 Å². The molecule has 2 N–H and O–H groups in total. The summed E-state index contributed by atoms with van der Waals surface area (Å²) in [5.41, 5.74) is 0.536. The maximum Gasteiger partial charge on any atom is 0.326 e. The molecule has 1 atom stereocenters. The van der Waals surface area contributed by atoms with Crippen LogP contribution in [0.1, 0.15) is 30.8 Å². The third-order valence-corrected chi connectivity index (χ3v) is 3.18. The number of carboxylic acids is 1. The van der Waals surface area contributed by atoms with Gasteiger partial charge in [0.15, 0.2) is 11.5 Å². The normalized spacial score (nSPS) is 12.2. The molecule has 0 bridgehead atoms. The number of halogens is 1. The Hall–Kier alpha value is -2.70. The van der Waals surface area contributed by atoms with Crippen LogP contribution >= 0.6 is 0 Å². The zero-order valence-electron chi connectivity index (χ0n) is 12.7. The Balaban J connectivity index is 2.11. The van der Waals surface area contributed by atoms with Gasteiger partial charge in [-0.3, -0.25) is 4.79 Å². The van der Waals surface area contributed by atoms with Gasteiger partial charge in [-0.05, 0) is 36.6 Å². The largest absolute Gasteiger partial charge is 0.480 e. The second-order valence-electron chi connectivity index (χ2n) is 5.58. The molecular weight excluding hydrogens is 303 g/mol. The summed E-state index contributed by atoms with van der Waals surface area (Å²) in [6.45, 7) is 3.73. The van der Waals surface area contributed by atoms with Crippen molar-refractivity contribution in [3.63, 3.8) is 0 Å². The van der Waals surface area contributed by atoms with Crippen LogP contribution in [0.4, 0.5) is 4.39 Å². The SMILES string of the molecule is CC(C)CC(NC(=O)c1cc(-c2ccc(F)cc2)on1)C(=O)O. The average Bonchev–Trinajstić information content (AvgIpc) is 2.96. The number of rotatable bonds is 6. The van der Waals surface area contributed by atoms with Crippen molar-refractivity contribution < 1.29 is 23.6 Å². The Morgan fingerprint density at radius 1 is 1.30 bits per heavy atom. The number of nitrogens with zero attached hydrogens (tertiary/aromatic N) is 1. The number of amides is 1. The van der Waals surface area contributed by atoms with Crippen molar-refractivity contribution in [3.05, 3.63) is 41.8 Å². The molecule has 0 spiro atoms. The quantitative estimate of drug-likeness (QED) is 0.853. The molecule has 1 heterocycles. The molecular formula is C16H17FN2O4. The molecule has 0 saturated carbocycles. The molecule has 1 amide bonds. The standard InChI is InChI=1S/C16H17FN2O4/c1-9(2)7-13(16(21)22)18-15(20)12-8-14(23-19-12)10-3-5-11(17)6-4-10/h3-6,8-9,13H,7H2,1-2H3,(H,18,20)(H,21,22). The Labute approximate surface area is 132 Å². The Bertz CT molecular complexity index is 694. The minimum atomic E-state index is -1.10. The van der Waals surface area contributed by atoms with Gasteiger partial charge in [-0.25, -0.2) is 9.18 Å². The smallest absolute Gasteiger partial charge is 0.326 e. The van der Waals surface area contributed by atoms with E-state index in [0.29, 0.717) is 17.7 Å². The molecule has 2 rings (SSSR count). The van der Waals surface area contributed by atoms with Crippen molar-refractivity contribution in [2.45, 2.75) is 26.3 Å². The first-order valence-electron chi connectivity index (χ1n) is 7.13. The second-order valence-corrected chi connectivity index (χ2v) is 5.58. The van der Waals surface area contributed by atoms with Gasteiger partial charge in [0.2, 0.25) is 0 Å². The monoisotopic (exact) mass is 320 g/mol. The molecule has 1 unspecified atom stereocenters. The first-order valence-corrected chi connectivity index (χ1v) is 7.13. The van der Waals surface area contributed by atoms with Crippen molar-refractivity contribution >= 4 is 11.9 Å². The lowest BCUT2D eigenvalue weighted by Crippen LogP contribution is -2.41. The van der Waals surface area contributed by atoms with E-state index in [-0.39, 0.29) is 17.4 Å². The molecule has 1 aromatic carbocycles. The highest BCUT2D eigenvalue weighted by atomic mass is 19.1. The van der Waals surface area contributed by atoms with Gasteiger partial charge in [0.25, 0.3) is 5.91 Å². The third-order valence-electron chi connectivity index (χ3n) is 3.18. The van der Waals surface area contributed by atoms with E-state index in [9.17, 15) is 14.0 Å². The maximum atomic E-state index is 12.9. The molecule has 1 aromatic heterocycles. The fourth-order valence-electron chi connectivity index (χ4n) is 2.06. The van der Waals surface area contributed by atoms with Gasteiger partial charge in [-0.15, -0.1) is 0 Å². The first kappa shape index (κ1) is 16.7. The summed E-state index contributed by atoms with van der Waals surface area (Å²) in [7, 11) is 0. The molecule has 0 radical (unpaired) electrons. The topological polar surface area (TPSA) is 92.4 Å². The van der Waals surface area contributed by atoms with Crippen LogP contribution in [0.5, 0.6) is 0 Å². The van der Waals surface area contributed by atoms with E-state index in [1.165, 1.54) is 30.3 Å². The number of aliphatic carboxylic acids is 1. The molecule has 6 nitrogen and oxygen atoms in total. The second kappa shape index (κ2) is 7.04. The summed E-state index contributed by atoms with van der Waals surface area (Å²) in [5.74, 6) is -1.71. The van der Waals surface area contributed by atoms with Crippen LogP contribution in [-0.2, 0) is 4.79 Å². The van der Waals surface area contributed by atoms with Gasteiger partial charge in [0.1, 0.15) is 11.9 Å². The molecule has 0 aliphatic heterocycles. The van der Waals surface area contributed by atoms with Crippen molar-refractivity contribution in [3.8, 4) is 11.3 Å². The van der Waals surface area contributed by atoms with Crippen LogP contribution in [0.2, 0.25) is 0 Å². The molecule has 0 aliphatic carbocycles. The molecule has 7 heteroatoms. The van der Waals surface area contributed by atoms with Gasteiger partial charge >= 0.3 is 5.97 Å². The van der Waals surface area contributed by atoms with Crippen LogP contribution in [-0.4, -0.2) is 28.2 Å². The van der Waals surface area contributed by atoms with Crippen molar-refractivity contribution in [2.24, 2.45) is 5.92 Å². The number of nitrogens with one attached hydrogen (secondary N) is 1. The van der Waals surface area contributed by atoms with E-state index in [2.05, 4.69) is 10.5 Å². The Morgan fingerprint density at radius 3 is 2.52 bits per heavy atom. The summed E-state index contributed by atoms with van der Waals surface area (Å²) in [5, 5.41) is 15.2. The van der Waals surface area contributed by atoms with Crippen molar-refractivity contribution in [1.29, 1.82) is 0 Å². The fraction of sp³-hybridized carbons (Fsp3) is 0.312.